The van der Waals surface area contributed by atoms with Crippen LogP contribution in [-0.2, 0) is 4.74 Å². The van der Waals surface area contributed by atoms with Crippen LogP contribution in [0.25, 0.3) is 0 Å². The lowest BCUT2D eigenvalue weighted by Crippen LogP contribution is -2.54. The first-order chi connectivity index (χ1) is 8.52. The van der Waals surface area contributed by atoms with Crippen molar-refractivity contribution < 1.29 is 9.84 Å². The first-order valence-electron chi connectivity index (χ1n) is 6.59. The van der Waals surface area contributed by atoms with Gasteiger partial charge in [0.05, 0.1) is 18.3 Å². The van der Waals surface area contributed by atoms with Crippen LogP contribution in [0.15, 0.2) is 30.3 Å². The fraction of sp³-hybridized carbons (Fsp3) is 0.600. The smallest absolute Gasteiger partial charge is 0.0940 e. The lowest BCUT2D eigenvalue weighted by Gasteiger charge is -2.44. The van der Waals surface area contributed by atoms with Crippen LogP contribution in [0.5, 0.6) is 0 Å². The fourth-order valence-corrected chi connectivity index (χ4v) is 2.67. The van der Waals surface area contributed by atoms with Crippen molar-refractivity contribution in [1.29, 1.82) is 0 Å². The minimum Gasteiger partial charge on any atom is -0.394 e. The van der Waals surface area contributed by atoms with Gasteiger partial charge in [0, 0.05) is 19.1 Å². The van der Waals surface area contributed by atoms with Crippen LogP contribution in [0.4, 0.5) is 0 Å². The summed E-state index contributed by atoms with van der Waals surface area (Å²) in [6, 6.07) is 10.8. The summed E-state index contributed by atoms with van der Waals surface area (Å²) in [5.74, 6) is 0. The van der Waals surface area contributed by atoms with E-state index in [4.69, 9.17) is 4.74 Å². The monoisotopic (exact) mass is 249 g/mol. The number of benzene rings is 1. The van der Waals surface area contributed by atoms with Crippen LogP contribution in [0.1, 0.15) is 32.4 Å². The van der Waals surface area contributed by atoms with Gasteiger partial charge in [-0.3, -0.25) is 4.90 Å². The molecule has 0 aliphatic carbocycles. The molecule has 1 aliphatic heterocycles. The van der Waals surface area contributed by atoms with Crippen LogP contribution >= 0.6 is 0 Å². The van der Waals surface area contributed by atoms with Crippen molar-refractivity contribution in [2.75, 3.05) is 19.7 Å². The number of morpholine rings is 1. The van der Waals surface area contributed by atoms with Gasteiger partial charge in [0.1, 0.15) is 0 Å². The quantitative estimate of drug-likeness (QED) is 0.891. The Morgan fingerprint density at radius 3 is 2.67 bits per heavy atom. The average molecular weight is 249 g/mol. The molecule has 2 rings (SSSR count). The Hall–Kier alpha value is -0.900. The second kappa shape index (κ2) is 5.39. The number of aliphatic hydroxyl groups is 1. The standard InChI is InChI=1S/C15H23NO2/c1-12(13-7-5-4-6-8-13)16-9-14(10-17)18-15(2,3)11-16/h4-8,12,14,17H,9-11H2,1-3H3. The van der Waals surface area contributed by atoms with E-state index in [2.05, 4.69) is 49.9 Å². The predicted molar refractivity (Wildman–Crippen MR) is 72.5 cm³/mol. The molecule has 0 radical (unpaired) electrons. The van der Waals surface area contributed by atoms with Gasteiger partial charge in [0.15, 0.2) is 0 Å². The molecule has 1 fully saturated rings. The van der Waals surface area contributed by atoms with Crippen molar-refractivity contribution in [2.24, 2.45) is 0 Å². The first kappa shape index (κ1) is 13.5. The molecule has 1 N–H and O–H groups in total. The second-order valence-corrected chi connectivity index (χ2v) is 5.70. The Morgan fingerprint density at radius 1 is 1.39 bits per heavy atom. The number of hydrogen-bond acceptors (Lipinski definition) is 3. The zero-order valence-electron chi connectivity index (χ0n) is 11.5. The van der Waals surface area contributed by atoms with Gasteiger partial charge in [0.25, 0.3) is 0 Å². The molecule has 0 spiro atoms. The summed E-state index contributed by atoms with van der Waals surface area (Å²) in [5, 5.41) is 9.34. The number of ether oxygens (including phenoxy) is 1. The van der Waals surface area contributed by atoms with Crippen molar-refractivity contribution in [3.8, 4) is 0 Å². The number of nitrogens with zero attached hydrogens (tertiary/aromatic N) is 1. The summed E-state index contributed by atoms with van der Waals surface area (Å²) in [5.41, 5.74) is 1.11. The van der Waals surface area contributed by atoms with Gasteiger partial charge in [-0.15, -0.1) is 0 Å². The highest BCUT2D eigenvalue weighted by Crippen LogP contribution is 2.28. The molecule has 1 saturated heterocycles. The van der Waals surface area contributed by atoms with Gasteiger partial charge in [-0.05, 0) is 26.3 Å². The molecule has 0 bridgehead atoms. The normalized spacial score (nSPS) is 25.9. The van der Waals surface area contributed by atoms with E-state index >= 15 is 0 Å². The zero-order valence-corrected chi connectivity index (χ0v) is 11.5. The predicted octanol–water partition coefficient (Wildman–Crippen LogP) is 2.22. The van der Waals surface area contributed by atoms with Crippen LogP contribution < -0.4 is 0 Å². The van der Waals surface area contributed by atoms with E-state index in [1.807, 2.05) is 6.07 Å². The van der Waals surface area contributed by atoms with Crippen LogP contribution in [-0.4, -0.2) is 41.4 Å². The molecule has 2 unspecified atom stereocenters. The molecule has 1 aromatic carbocycles. The molecule has 3 nitrogen and oxygen atoms in total. The first-order valence-corrected chi connectivity index (χ1v) is 6.59. The van der Waals surface area contributed by atoms with Crippen molar-refractivity contribution >= 4 is 0 Å². The molecule has 3 heteroatoms. The molecule has 1 heterocycles. The summed E-state index contributed by atoms with van der Waals surface area (Å²) < 4.78 is 5.85. The Kier molecular flexibility index (Phi) is 4.05. The van der Waals surface area contributed by atoms with E-state index in [-0.39, 0.29) is 18.3 Å². The minimum atomic E-state index is -0.200. The highest BCUT2D eigenvalue weighted by atomic mass is 16.5. The topological polar surface area (TPSA) is 32.7 Å². The maximum absolute atomic E-state index is 9.34. The zero-order chi connectivity index (χ0) is 13.2. The summed E-state index contributed by atoms with van der Waals surface area (Å²) >= 11 is 0. The summed E-state index contributed by atoms with van der Waals surface area (Å²) in [4.78, 5) is 2.39. The summed E-state index contributed by atoms with van der Waals surface area (Å²) in [6.45, 7) is 8.14. The molecular weight excluding hydrogens is 226 g/mol. The third-order valence-electron chi connectivity index (χ3n) is 3.54. The van der Waals surface area contributed by atoms with Crippen molar-refractivity contribution in [1.82, 2.24) is 4.90 Å². The van der Waals surface area contributed by atoms with E-state index in [9.17, 15) is 5.11 Å². The van der Waals surface area contributed by atoms with E-state index in [1.165, 1.54) is 5.56 Å². The lowest BCUT2D eigenvalue weighted by atomic mass is 10.0. The largest absolute Gasteiger partial charge is 0.394 e. The Bertz CT molecular complexity index is 377. The third kappa shape index (κ3) is 3.10. The van der Waals surface area contributed by atoms with E-state index in [0.717, 1.165) is 13.1 Å². The fourth-order valence-electron chi connectivity index (χ4n) is 2.67. The molecular formula is C15H23NO2. The lowest BCUT2D eigenvalue weighted by molar-refractivity contribution is -0.156. The van der Waals surface area contributed by atoms with Crippen molar-refractivity contribution in [3.05, 3.63) is 35.9 Å². The van der Waals surface area contributed by atoms with Crippen LogP contribution in [0.3, 0.4) is 0 Å². The van der Waals surface area contributed by atoms with Gasteiger partial charge < -0.3 is 9.84 Å². The van der Waals surface area contributed by atoms with Gasteiger partial charge in [-0.1, -0.05) is 30.3 Å². The van der Waals surface area contributed by atoms with Crippen LogP contribution in [0.2, 0.25) is 0 Å². The molecule has 0 saturated carbocycles. The number of hydrogen-bond donors (Lipinski definition) is 1. The molecule has 1 aliphatic rings. The van der Waals surface area contributed by atoms with E-state index in [1.54, 1.807) is 0 Å². The van der Waals surface area contributed by atoms with Gasteiger partial charge in [0.2, 0.25) is 0 Å². The maximum Gasteiger partial charge on any atom is 0.0940 e. The minimum absolute atomic E-state index is 0.0834. The molecule has 18 heavy (non-hydrogen) atoms. The average Bonchev–Trinajstić information content (AvgIpc) is 2.37. The Morgan fingerprint density at radius 2 is 2.06 bits per heavy atom. The SMILES string of the molecule is CC(c1ccccc1)N1CC(CO)OC(C)(C)C1. The second-order valence-electron chi connectivity index (χ2n) is 5.70. The molecule has 1 aromatic rings. The number of rotatable bonds is 3. The molecule has 0 amide bonds. The van der Waals surface area contributed by atoms with Gasteiger partial charge in [-0.2, -0.15) is 0 Å². The molecule has 100 valence electrons. The number of aliphatic hydroxyl groups excluding tert-OH is 1. The van der Waals surface area contributed by atoms with E-state index in [0.29, 0.717) is 6.04 Å². The van der Waals surface area contributed by atoms with E-state index < -0.39 is 0 Å². The Labute approximate surface area is 109 Å². The maximum atomic E-state index is 9.34. The summed E-state index contributed by atoms with van der Waals surface area (Å²) in [7, 11) is 0. The van der Waals surface area contributed by atoms with Gasteiger partial charge >= 0.3 is 0 Å². The molecule has 0 aromatic heterocycles. The highest BCUT2D eigenvalue weighted by Gasteiger charge is 2.35. The van der Waals surface area contributed by atoms with Crippen LogP contribution in [0, 0.1) is 0 Å². The van der Waals surface area contributed by atoms with Crippen molar-refractivity contribution in [2.45, 2.75) is 38.5 Å². The Balaban J connectivity index is 2.12. The van der Waals surface area contributed by atoms with Gasteiger partial charge in [-0.25, -0.2) is 0 Å². The third-order valence-corrected chi connectivity index (χ3v) is 3.54. The molecule has 2 atom stereocenters. The highest BCUT2D eigenvalue weighted by molar-refractivity contribution is 5.18. The summed E-state index contributed by atoms with van der Waals surface area (Å²) in [6.07, 6.45) is -0.0834. The van der Waals surface area contributed by atoms with Crippen molar-refractivity contribution in [3.63, 3.8) is 0 Å².